The van der Waals surface area contributed by atoms with Crippen molar-refractivity contribution in [1.29, 1.82) is 0 Å². The van der Waals surface area contributed by atoms with Gasteiger partial charge in [0.25, 0.3) is 5.91 Å². The van der Waals surface area contributed by atoms with Crippen LogP contribution in [-0.4, -0.2) is 30.8 Å². The van der Waals surface area contributed by atoms with Crippen molar-refractivity contribution in [2.45, 2.75) is 10.1 Å². The molecule has 1 aromatic carbocycles. The number of nitrogens with zero attached hydrogens (tertiary/aromatic N) is 2. The number of carbonyl (C=O) groups is 1. The van der Waals surface area contributed by atoms with Crippen molar-refractivity contribution < 1.29 is 13.2 Å². The lowest BCUT2D eigenvalue weighted by Gasteiger charge is -2.19. The van der Waals surface area contributed by atoms with Crippen LogP contribution in [0, 0.1) is 0 Å². The lowest BCUT2D eigenvalue weighted by molar-refractivity contribution is 0.0953. The molecule has 0 aliphatic carbocycles. The number of rotatable bonds is 6. The molecule has 0 saturated carbocycles. The Hall–Kier alpha value is -2.77. The maximum absolute atomic E-state index is 13.2. The number of nitrogens with one attached hydrogen (secondary N) is 1. The predicted octanol–water partition coefficient (Wildman–Crippen LogP) is 3.08. The highest BCUT2D eigenvalue weighted by atomic mass is 35.5. The summed E-state index contributed by atoms with van der Waals surface area (Å²) in [6, 6.07) is 12.5. The zero-order chi connectivity index (χ0) is 19.3. The van der Waals surface area contributed by atoms with Gasteiger partial charge in [-0.15, -0.1) is 0 Å². The minimum absolute atomic E-state index is 0.107. The zero-order valence-corrected chi connectivity index (χ0v) is 15.7. The summed E-state index contributed by atoms with van der Waals surface area (Å²) >= 11 is 5.86. The third kappa shape index (κ3) is 4.50. The van der Waals surface area contributed by atoms with Gasteiger partial charge in [-0.1, -0.05) is 17.7 Å². The van der Waals surface area contributed by atoms with Crippen LogP contribution in [0.15, 0.2) is 78.2 Å². The van der Waals surface area contributed by atoms with Crippen LogP contribution in [0.5, 0.6) is 0 Å². The Morgan fingerprint density at radius 2 is 1.67 bits per heavy atom. The molecule has 3 rings (SSSR count). The number of hydrogen-bond acceptors (Lipinski definition) is 5. The molecule has 6 nitrogen and oxygen atoms in total. The van der Waals surface area contributed by atoms with Crippen LogP contribution in [0.3, 0.4) is 0 Å². The largest absolute Gasteiger partial charge is 0.350 e. The Labute approximate surface area is 162 Å². The zero-order valence-electron chi connectivity index (χ0n) is 14.1. The predicted molar refractivity (Wildman–Crippen MR) is 102 cm³/mol. The van der Waals surface area contributed by atoms with E-state index in [0.717, 1.165) is 0 Å². The first-order chi connectivity index (χ1) is 13.0. The van der Waals surface area contributed by atoms with Crippen LogP contribution in [0.1, 0.15) is 21.2 Å². The molecule has 1 N–H and O–H groups in total. The summed E-state index contributed by atoms with van der Waals surface area (Å²) in [5, 5.41) is 2.12. The first-order valence-electron chi connectivity index (χ1n) is 8.06. The molecule has 0 radical (unpaired) electrons. The van der Waals surface area contributed by atoms with Gasteiger partial charge in [0, 0.05) is 36.4 Å². The van der Waals surface area contributed by atoms with Crippen LogP contribution in [-0.2, 0) is 9.84 Å². The lowest BCUT2D eigenvalue weighted by atomic mass is 10.2. The van der Waals surface area contributed by atoms with Gasteiger partial charge >= 0.3 is 0 Å². The summed E-state index contributed by atoms with van der Waals surface area (Å²) in [6.45, 7) is -0.107. The normalized spacial score (nSPS) is 12.3. The summed E-state index contributed by atoms with van der Waals surface area (Å²) < 4.78 is 26.3. The van der Waals surface area contributed by atoms with Gasteiger partial charge in [0.1, 0.15) is 5.25 Å². The molecular formula is C19H16ClN3O3S. The van der Waals surface area contributed by atoms with Gasteiger partial charge in [-0.2, -0.15) is 0 Å². The molecule has 2 aromatic heterocycles. The molecule has 3 aromatic rings. The summed E-state index contributed by atoms with van der Waals surface area (Å²) in [7, 11) is -3.78. The van der Waals surface area contributed by atoms with Crippen LogP contribution >= 0.6 is 11.6 Å². The van der Waals surface area contributed by atoms with Crippen molar-refractivity contribution in [3.05, 3.63) is 89.5 Å². The average molecular weight is 402 g/mol. The number of amides is 1. The molecule has 0 spiro atoms. The Balaban J connectivity index is 1.90. The number of carbonyl (C=O) groups excluding carboxylic acids is 1. The fourth-order valence-electron chi connectivity index (χ4n) is 2.55. The Morgan fingerprint density at radius 1 is 1.00 bits per heavy atom. The summed E-state index contributed by atoms with van der Waals surface area (Å²) in [5.74, 6) is -0.400. The maximum atomic E-state index is 13.2. The fraction of sp³-hybridized carbons (Fsp3) is 0.105. The number of hydrogen-bond donors (Lipinski definition) is 1. The number of pyridine rings is 2. The second-order valence-corrected chi connectivity index (χ2v) is 8.29. The maximum Gasteiger partial charge on any atom is 0.252 e. The number of halogens is 1. The molecule has 27 heavy (non-hydrogen) atoms. The minimum atomic E-state index is -3.78. The second-order valence-electron chi connectivity index (χ2n) is 5.73. The average Bonchev–Trinajstić information content (AvgIpc) is 2.69. The van der Waals surface area contributed by atoms with Crippen molar-refractivity contribution in [2.24, 2.45) is 0 Å². The van der Waals surface area contributed by atoms with E-state index < -0.39 is 21.0 Å². The van der Waals surface area contributed by atoms with Crippen LogP contribution in [0.25, 0.3) is 0 Å². The highest BCUT2D eigenvalue weighted by molar-refractivity contribution is 7.91. The van der Waals surface area contributed by atoms with E-state index in [0.29, 0.717) is 16.1 Å². The van der Waals surface area contributed by atoms with Gasteiger partial charge < -0.3 is 5.32 Å². The van der Waals surface area contributed by atoms with Crippen molar-refractivity contribution in [3.63, 3.8) is 0 Å². The van der Waals surface area contributed by atoms with Crippen LogP contribution in [0.4, 0.5) is 0 Å². The van der Waals surface area contributed by atoms with Gasteiger partial charge in [0.2, 0.25) is 0 Å². The number of sulfone groups is 1. The smallest absolute Gasteiger partial charge is 0.252 e. The van der Waals surface area contributed by atoms with E-state index in [2.05, 4.69) is 15.3 Å². The first-order valence-corrected chi connectivity index (χ1v) is 9.98. The third-order valence-corrected chi connectivity index (χ3v) is 6.31. The minimum Gasteiger partial charge on any atom is -0.350 e. The highest BCUT2D eigenvalue weighted by Crippen LogP contribution is 2.29. The molecule has 2 heterocycles. The van der Waals surface area contributed by atoms with E-state index in [-0.39, 0.29) is 11.4 Å². The second kappa shape index (κ2) is 8.28. The summed E-state index contributed by atoms with van der Waals surface area (Å²) in [5.41, 5.74) is 0.838. The molecule has 8 heteroatoms. The number of aromatic nitrogens is 2. The molecule has 1 amide bonds. The van der Waals surface area contributed by atoms with E-state index in [1.54, 1.807) is 36.7 Å². The highest BCUT2D eigenvalue weighted by Gasteiger charge is 2.30. The van der Waals surface area contributed by atoms with Gasteiger partial charge in [0.05, 0.1) is 10.5 Å². The Morgan fingerprint density at radius 3 is 2.26 bits per heavy atom. The van der Waals surface area contributed by atoms with E-state index >= 15 is 0 Å². The van der Waals surface area contributed by atoms with E-state index in [1.807, 2.05) is 0 Å². The van der Waals surface area contributed by atoms with Crippen molar-refractivity contribution in [1.82, 2.24) is 15.3 Å². The SMILES string of the molecule is O=C(NC[C@@H](c1cccnc1)S(=O)(=O)c1ccc(Cl)cc1)c1cccnc1. The molecular weight excluding hydrogens is 386 g/mol. The molecule has 0 saturated heterocycles. The topological polar surface area (TPSA) is 89.0 Å². The van der Waals surface area contributed by atoms with Crippen LogP contribution in [0.2, 0.25) is 5.02 Å². The van der Waals surface area contributed by atoms with E-state index in [1.165, 1.54) is 36.7 Å². The molecule has 138 valence electrons. The van der Waals surface area contributed by atoms with Crippen LogP contribution < -0.4 is 5.32 Å². The standard InChI is InChI=1S/C19H16ClN3O3S/c20-16-5-7-17(8-6-16)27(25,26)18(14-3-1-9-21-11-14)13-23-19(24)15-4-2-10-22-12-15/h1-12,18H,13H2,(H,23,24)/t18-/m0/s1. The van der Waals surface area contributed by atoms with Gasteiger partial charge in [-0.3, -0.25) is 14.8 Å². The van der Waals surface area contributed by atoms with E-state index in [4.69, 9.17) is 11.6 Å². The molecule has 0 fully saturated rings. The monoisotopic (exact) mass is 401 g/mol. The quantitative estimate of drug-likeness (QED) is 0.685. The summed E-state index contributed by atoms with van der Waals surface area (Å²) in [6.07, 6.45) is 6.01. The third-order valence-electron chi connectivity index (χ3n) is 3.94. The lowest BCUT2D eigenvalue weighted by Crippen LogP contribution is -2.32. The van der Waals surface area contributed by atoms with E-state index in [9.17, 15) is 13.2 Å². The van der Waals surface area contributed by atoms with Crippen molar-refractivity contribution in [3.8, 4) is 0 Å². The van der Waals surface area contributed by atoms with Gasteiger partial charge in [-0.25, -0.2) is 8.42 Å². The molecule has 0 unspecified atom stereocenters. The van der Waals surface area contributed by atoms with Crippen molar-refractivity contribution in [2.75, 3.05) is 6.54 Å². The van der Waals surface area contributed by atoms with Gasteiger partial charge in [-0.05, 0) is 48.0 Å². The fourth-order valence-corrected chi connectivity index (χ4v) is 4.32. The molecule has 0 bridgehead atoms. The molecule has 1 atom stereocenters. The number of benzene rings is 1. The Bertz CT molecular complexity index is 1010. The molecule has 0 aliphatic heterocycles. The summed E-state index contributed by atoms with van der Waals surface area (Å²) in [4.78, 5) is 20.3. The molecule has 0 aliphatic rings. The Kier molecular flexibility index (Phi) is 5.83. The first kappa shape index (κ1) is 19.0. The van der Waals surface area contributed by atoms with Gasteiger partial charge in [0.15, 0.2) is 9.84 Å². The van der Waals surface area contributed by atoms with Crippen molar-refractivity contribution >= 4 is 27.3 Å².